The molecule has 0 spiro atoms. The quantitative estimate of drug-likeness (QED) is 0.667. The largest absolute Gasteiger partial charge is 0.495 e. The Kier molecular flexibility index (Phi) is 3.31. The first-order valence-electron chi connectivity index (χ1n) is 7.77. The third kappa shape index (κ3) is 2.34. The Labute approximate surface area is 139 Å². The minimum absolute atomic E-state index is 0.0919. The van der Waals surface area contributed by atoms with Crippen molar-refractivity contribution in [3.8, 4) is 17.2 Å². The van der Waals surface area contributed by atoms with Crippen LogP contribution in [0.15, 0.2) is 28.9 Å². The fourth-order valence-electron chi connectivity index (χ4n) is 2.86. The third-order valence-corrected chi connectivity index (χ3v) is 4.40. The highest BCUT2D eigenvalue weighted by atomic mass is 16.6. The average Bonchev–Trinajstić information content (AvgIpc) is 2.95. The van der Waals surface area contributed by atoms with Gasteiger partial charge in [0, 0.05) is 11.5 Å². The summed E-state index contributed by atoms with van der Waals surface area (Å²) < 4.78 is 27.9. The summed E-state index contributed by atoms with van der Waals surface area (Å²) in [5.41, 5.74) is 1.14. The lowest BCUT2D eigenvalue weighted by Gasteiger charge is -2.13. The van der Waals surface area contributed by atoms with E-state index in [1.54, 1.807) is 20.5 Å². The molecule has 3 aromatic rings. The Morgan fingerprint density at radius 2 is 1.92 bits per heavy atom. The van der Waals surface area contributed by atoms with Gasteiger partial charge in [-0.2, -0.15) is 0 Å². The molecular weight excluding hydrogens is 310 g/mol. The maximum absolute atomic E-state index is 5.93. The number of fused-ring (bicyclic) bond motifs is 2. The van der Waals surface area contributed by atoms with Crippen LogP contribution in [0.3, 0.4) is 0 Å². The molecular formula is C18H19NO5. The molecule has 0 N–H and O–H groups in total. The van der Waals surface area contributed by atoms with Gasteiger partial charge in [0.1, 0.15) is 18.5 Å². The summed E-state index contributed by atoms with van der Waals surface area (Å²) in [4.78, 5) is 4.52. The summed E-state index contributed by atoms with van der Waals surface area (Å²) >= 11 is 0. The maximum atomic E-state index is 5.93. The minimum Gasteiger partial charge on any atom is -0.495 e. The van der Waals surface area contributed by atoms with Crippen LogP contribution in [-0.4, -0.2) is 37.5 Å². The molecule has 126 valence electrons. The molecule has 0 aliphatic carbocycles. The van der Waals surface area contributed by atoms with Gasteiger partial charge in [-0.1, -0.05) is 0 Å². The highest BCUT2D eigenvalue weighted by molar-refractivity contribution is 6.00. The number of pyridine rings is 1. The van der Waals surface area contributed by atoms with Crippen molar-refractivity contribution in [3.05, 3.63) is 24.5 Å². The Bertz CT molecular complexity index is 915. The molecule has 0 amide bonds. The van der Waals surface area contributed by atoms with E-state index in [9.17, 15) is 0 Å². The number of furan rings is 1. The second kappa shape index (κ2) is 5.27. The van der Waals surface area contributed by atoms with E-state index < -0.39 is 0 Å². The minimum atomic E-state index is -0.119. The lowest BCUT2D eigenvalue weighted by molar-refractivity contribution is 0.246. The van der Waals surface area contributed by atoms with Crippen LogP contribution >= 0.6 is 0 Å². The van der Waals surface area contributed by atoms with Crippen LogP contribution < -0.4 is 14.2 Å². The van der Waals surface area contributed by atoms with E-state index >= 15 is 0 Å². The summed E-state index contributed by atoms with van der Waals surface area (Å²) in [6, 6.07) is 5.56. The summed E-state index contributed by atoms with van der Waals surface area (Å²) in [5, 5.41) is 1.67. The zero-order valence-corrected chi connectivity index (χ0v) is 14.1. The number of hydrogen-bond acceptors (Lipinski definition) is 6. The van der Waals surface area contributed by atoms with Crippen LogP contribution in [0.2, 0.25) is 0 Å². The Morgan fingerprint density at radius 1 is 1.12 bits per heavy atom. The van der Waals surface area contributed by atoms with Gasteiger partial charge in [-0.05, 0) is 26.0 Å². The van der Waals surface area contributed by atoms with Crippen LogP contribution in [0.25, 0.3) is 22.0 Å². The molecule has 1 atom stereocenters. The van der Waals surface area contributed by atoms with E-state index in [0.717, 1.165) is 16.3 Å². The molecule has 0 saturated carbocycles. The molecule has 1 aliphatic heterocycles. The second-order valence-electron chi connectivity index (χ2n) is 6.33. The van der Waals surface area contributed by atoms with Gasteiger partial charge in [0.2, 0.25) is 5.71 Å². The number of epoxide rings is 1. The van der Waals surface area contributed by atoms with Gasteiger partial charge in [0.25, 0.3) is 0 Å². The molecule has 6 heteroatoms. The van der Waals surface area contributed by atoms with Crippen molar-refractivity contribution >= 4 is 22.0 Å². The van der Waals surface area contributed by atoms with E-state index in [2.05, 4.69) is 4.98 Å². The molecule has 24 heavy (non-hydrogen) atoms. The van der Waals surface area contributed by atoms with Crippen molar-refractivity contribution in [1.29, 1.82) is 0 Å². The molecule has 1 aliphatic rings. The standard InChI is InChI=1S/C18H19NO5/c1-18(2)15(24-18)9-23-14-7-11-12(8-13(14)20-3)19-17-10(5-6-22-17)16(11)21-4/h5-8,15H,9H2,1-4H3/t15-/m0/s1. The van der Waals surface area contributed by atoms with Crippen LogP contribution in [0.1, 0.15) is 13.8 Å². The number of benzene rings is 1. The molecule has 1 aromatic carbocycles. The Morgan fingerprint density at radius 3 is 2.58 bits per heavy atom. The SMILES string of the molecule is COc1cc2nc3occc3c(OC)c2cc1OC[C@@H]1OC1(C)C. The molecule has 0 radical (unpaired) electrons. The molecule has 1 saturated heterocycles. The van der Waals surface area contributed by atoms with E-state index in [1.807, 2.05) is 32.0 Å². The monoisotopic (exact) mass is 329 g/mol. The number of ether oxygens (including phenoxy) is 4. The first kappa shape index (κ1) is 15.1. The average molecular weight is 329 g/mol. The molecule has 0 bridgehead atoms. The molecule has 4 rings (SSSR count). The van der Waals surface area contributed by atoms with Gasteiger partial charge in [-0.3, -0.25) is 0 Å². The van der Waals surface area contributed by atoms with Gasteiger partial charge in [-0.25, -0.2) is 4.98 Å². The van der Waals surface area contributed by atoms with Crippen molar-refractivity contribution in [2.45, 2.75) is 25.6 Å². The van der Waals surface area contributed by atoms with Crippen LogP contribution in [0, 0.1) is 0 Å². The normalized spacial score (nSPS) is 18.8. The van der Waals surface area contributed by atoms with Crippen LogP contribution in [-0.2, 0) is 4.74 Å². The van der Waals surface area contributed by atoms with E-state index in [-0.39, 0.29) is 11.7 Å². The fourth-order valence-corrected chi connectivity index (χ4v) is 2.86. The van der Waals surface area contributed by atoms with Gasteiger partial charge in [-0.15, -0.1) is 0 Å². The first-order chi connectivity index (χ1) is 11.5. The topological polar surface area (TPSA) is 66.3 Å². The Hall–Kier alpha value is -2.47. The number of rotatable bonds is 5. The van der Waals surface area contributed by atoms with Crippen LogP contribution in [0.4, 0.5) is 0 Å². The summed E-state index contributed by atoms with van der Waals surface area (Å²) in [5.74, 6) is 1.96. The molecule has 2 aromatic heterocycles. The molecule has 3 heterocycles. The predicted molar refractivity (Wildman–Crippen MR) is 89.1 cm³/mol. The van der Waals surface area contributed by atoms with Crippen molar-refractivity contribution in [1.82, 2.24) is 4.98 Å². The number of aromatic nitrogens is 1. The third-order valence-electron chi connectivity index (χ3n) is 4.40. The van der Waals surface area contributed by atoms with Gasteiger partial charge in [0.15, 0.2) is 11.5 Å². The molecule has 0 unspecified atom stereocenters. The zero-order chi connectivity index (χ0) is 16.9. The van der Waals surface area contributed by atoms with E-state index in [0.29, 0.717) is 29.6 Å². The maximum Gasteiger partial charge on any atom is 0.230 e. The number of hydrogen-bond donors (Lipinski definition) is 0. The lowest BCUT2D eigenvalue weighted by atomic mass is 10.1. The van der Waals surface area contributed by atoms with Gasteiger partial charge < -0.3 is 23.4 Å². The lowest BCUT2D eigenvalue weighted by Crippen LogP contribution is -2.12. The smallest absolute Gasteiger partial charge is 0.230 e. The highest BCUT2D eigenvalue weighted by Gasteiger charge is 2.48. The second-order valence-corrected chi connectivity index (χ2v) is 6.33. The number of methoxy groups -OCH3 is 2. The highest BCUT2D eigenvalue weighted by Crippen LogP contribution is 2.41. The van der Waals surface area contributed by atoms with Crippen molar-refractivity contribution in [2.24, 2.45) is 0 Å². The van der Waals surface area contributed by atoms with E-state index in [1.165, 1.54) is 0 Å². The van der Waals surface area contributed by atoms with Crippen molar-refractivity contribution in [2.75, 3.05) is 20.8 Å². The van der Waals surface area contributed by atoms with Crippen molar-refractivity contribution in [3.63, 3.8) is 0 Å². The van der Waals surface area contributed by atoms with E-state index in [4.69, 9.17) is 23.4 Å². The Balaban J connectivity index is 1.79. The van der Waals surface area contributed by atoms with Gasteiger partial charge in [0.05, 0.1) is 37.0 Å². The predicted octanol–water partition coefficient (Wildman–Crippen LogP) is 3.55. The number of nitrogens with zero attached hydrogens (tertiary/aromatic N) is 1. The van der Waals surface area contributed by atoms with Crippen LogP contribution in [0.5, 0.6) is 17.2 Å². The van der Waals surface area contributed by atoms with Gasteiger partial charge >= 0.3 is 0 Å². The van der Waals surface area contributed by atoms with Crippen molar-refractivity contribution < 1.29 is 23.4 Å². The first-order valence-corrected chi connectivity index (χ1v) is 7.77. The summed E-state index contributed by atoms with van der Waals surface area (Å²) in [6.45, 7) is 4.56. The molecule has 6 nitrogen and oxygen atoms in total. The zero-order valence-electron chi connectivity index (χ0n) is 14.1. The summed E-state index contributed by atoms with van der Waals surface area (Å²) in [6.07, 6.45) is 1.69. The molecule has 1 fully saturated rings. The fraction of sp³-hybridized carbons (Fsp3) is 0.389. The summed E-state index contributed by atoms with van der Waals surface area (Å²) in [7, 11) is 3.24.